The summed E-state index contributed by atoms with van der Waals surface area (Å²) in [4.78, 5) is 4.19. The lowest BCUT2D eigenvalue weighted by molar-refractivity contribution is 0.392. The first-order valence-corrected chi connectivity index (χ1v) is 7.26. The number of thioether (sulfide) groups is 1. The van der Waals surface area contributed by atoms with Gasteiger partial charge in [-0.2, -0.15) is 11.8 Å². The number of aliphatic imine (C=N–C) groups is 1. The third-order valence-corrected chi connectivity index (χ3v) is 3.77. The minimum Gasteiger partial charge on any atom is -0.361 e. The van der Waals surface area contributed by atoms with E-state index in [4.69, 9.17) is 4.52 Å². The molecule has 0 aliphatic carbocycles. The Morgan fingerprint density at radius 3 is 2.58 bits per heavy atom. The van der Waals surface area contributed by atoms with Crippen molar-refractivity contribution in [1.29, 1.82) is 0 Å². The molecule has 0 aliphatic heterocycles. The summed E-state index contributed by atoms with van der Waals surface area (Å²) in [5.74, 6) is 1.66. The molecule has 1 unspecified atom stereocenters. The fraction of sp³-hybridized carbons (Fsp3) is 0.667. The molecule has 110 valence electrons. The van der Waals surface area contributed by atoms with Crippen molar-refractivity contribution in [2.24, 2.45) is 4.99 Å². The lowest BCUT2D eigenvalue weighted by Gasteiger charge is -2.14. The van der Waals surface area contributed by atoms with Gasteiger partial charge in [-0.15, -0.1) is 24.0 Å². The molecule has 0 spiro atoms. The molecule has 19 heavy (non-hydrogen) atoms. The van der Waals surface area contributed by atoms with Gasteiger partial charge in [0, 0.05) is 31.0 Å². The van der Waals surface area contributed by atoms with Crippen LogP contribution in [0.4, 0.5) is 0 Å². The number of aromatic nitrogens is 1. The summed E-state index contributed by atoms with van der Waals surface area (Å²) in [7, 11) is 1.77. The molecule has 0 radical (unpaired) electrons. The number of hydrogen-bond acceptors (Lipinski definition) is 4. The van der Waals surface area contributed by atoms with Crippen LogP contribution < -0.4 is 10.6 Å². The van der Waals surface area contributed by atoms with E-state index in [1.165, 1.54) is 0 Å². The van der Waals surface area contributed by atoms with E-state index in [0.29, 0.717) is 11.8 Å². The Hall–Kier alpha value is -0.440. The van der Waals surface area contributed by atoms with E-state index in [9.17, 15) is 0 Å². The summed E-state index contributed by atoms with van der Waals surface area (Å²) in [5, 5.41) is 11.0. The van der Waals surface area contributed by atoms with Crippen LogP contribution in [0.3, 0.4) is 0 Å². The van der Waals surface area contributed by atoms with E-state index >= 15 is 0 Å². The number of guanidine groups is 1. The summed E-state index contributed by atoms with van der Waals surface area (Å²) in [6.45, 7) is 7.61. The highest BCUT2D eigenvalue weighted by Gasteiger charge is 2.09. The van der Waals surface area contributed by atoms with Gasteiger partial charge in [-0.3, -0.25) is 4.99 Å². The molecule has 2 N–H and O–H groups in total. The predicted molar refractivity (Wildman–Crippen MR) is 92.6 cm³/mol. The average Bonchev–Trinajstić information content (AvgIpc) is 2.69. The summed E-state index contributed by atoms with van der Waals surface area (Å²) < 4.78 is 5.12. The van der Waals surface area contributed by atoms with E-state index in [0.717, 1.165) is 29.5 Å². The Morgan fingerprint density at radius 1 is 1.42 bits per heavy atom. The minimum absolute atomic E-state index is 0. The molecule has 1 rings (SSSR count). The molecule has 1 atom stereocenters. The van der Waals surface area contributed by atoms with E-state index in [1.54, 1.807) is 7.05 Å². The zero-order chi connectivity index (χ0) is 13.5. The second-order valence-corrected chi connectivity index (χ2v) is 5.43. The van der Waals surface area contributed by atoms with Gasteiger partial charge >= 0.3 is 0 Å². The van der Waals surface area contributed by atoms with Gasteiger partial charge in [-0.25, -0.2) is 0 Å². The second-order valence-electron chi connectivity index (χ2n) is 4.16. The summed E-state index contributed by atoms with van der Waals surface area (Å²) in [6.07, 6.45) is 2.10. The normalized spacial score (nSPS) is 12.8. The van der Waals surface area contributed by atoms with Crippen molar-refractivity contribution >= 4 is 41.7 Å². The fourth-order valence-corrected chi connectivity index (χ4v) is 1.72. The van der Waals surface area contributed by atoms with Crippen LogP contribution in [-0.2, 0) is 6.54 Å². The number of rotatable bonds is 5. The second kappa shape index (κ2) is 9.46. The van der Waals surface area contributed by atoms with Gasteiger partial charge in [0.1, 0.15) is 5.76 Å². The highest BCUT2D eigenvalue weighted by Crippen LogP contribution is 2.11. The Morgan fingerprint density at radius 2 is 2.11 bits per heavy atom. The maximum absolute atomic E-state index is 5.12. The Balaban J connectivity index is 0.00000324. The molecule has 0 bridgehead atoms. The zero-order valence-electron chi connectivity index (χ0n) is 12.1. The number of nitrogens with zero attached hydrogens (tertiary/aromatic N) is 2. The molecule has 1 heterocycles. The molecule has 1 aromatic rings. The van der Waals surface area contributed by atoms with Crippen LogP contribution in [0.15, 0.2) is 9.52 Å². The first-order chi connectivity index (χ1) is 8.58. The summed E-state index contributed by atoms with van der Waals surface area (Å²) in [6, 6.07) is 0. The number of aryl methyl sites for hydroxylation is 2. The molecular weight excluding hydrogens is 375 g/mol. The van der Waals surface area contributed by atoms with Crippen LogP contribution >= 0.6 is 35.7 Å². The van der Waals surface area contributed by atoms with Crippen molar-refractivity contribution in [2.75, 3.05) is 19.8 Å². The first kappa shape index (κ1) is 18.6. The van der Waals surface area contributed by atoms with Crippen molar-refractivity contribution in [3.63, 3.8) is 0 Å². The van der Waals surface area contributed by atoms with E-state index < -0.39 is 0 Å². The first-order valence-electron chi connectivity index (χ1n) is 5.97. The van der Waals surface area contributed by atoms with Crippen molar-refractivity contribution in [2.45, 2.75) is 32.6 Å². The number of halogens is 1. The molecule has 0 aliphatic rings. The SMILES string of the molecule is CN=C(NCc1c(C)noc1C)NCC(C)SC.I. The van der Waals surface area contributed by atoms with Crippen LogP contribution in [-0.4, -0.2) is 36.2 Å². The van der Waals surface area contributed by atoms with Gasteiger partial charge in [0.05, 0.1) is 5.69 Å². The van der Waals surface area contributed by atoms with Gasteiger partial charge in [0.15, 0.2) is 5.96 Å². The van der Waals surface area contributed by atoms with Crippen LogP contribution in [0.1, 0.15) is 23.9 Å². The summed E-state index contributed by atoms with van der Waals surface area (Å²) >= 11 is 1.83. The standard InChI is InChI=1S/C12H22N4OS.HI/c1-8(18-5)6-14-12(13-4)15-7-11-9(2)16-17-10(11)3;/h8H,6-7H2,1-5H3,(H2,13,14,15);1H. The molecule has 0 saturated carbocycles. The van der Waals surface area contributed by atoms with Gasteiger partial charge in [0.2, 0.25) is 0 Å². The molecule has 5 nitrogen and oxygen atoms in total. The van der Waals surface area contributed by atoms with Crippen LogP contribution in [0.5, 0.6) is 0 Å². The largest absolute Gasteiger partial charge is 0.361 e. The topological polar surface area (TPSA) is 62.5 Å². The molecule has 0 saturated heterocycles. The zero-order valence-corrected chi connectivity index (χ0v) is 15.3. The van der Waals surface area contributed by atoms with Crippen LogP contribution in [0.2, 0.25) is 0 Å². The Kier molecular flexibility index (Phi) is 9.24. The third kappa shape index (κ3) is 6.03. The highest BCUT2D eigenvalue weighted by molar-refractivity contribution is 14.0. The molecular formula is C12H23IN4OS. The fourth-order valence-electron chi connectivity index (χ4n) is 1.47. The lowest BCUT2D eigenvalue weighted by atomic mass is 10.2. The van der Waals surface area contributed by atoms with E-state index in [1.807, 2.05) is 25.6 Å². The van der Waals surface area contributed by atoms with Crippen molar-refractivity contribution in [3.8, 4) is 0 Å². The van der Waals surface area contributed by atoms with Crippen LogP contribution in [0.25, 0.3) is 0 Å². The van der Waals surface area contributed by atoms with Crippen molar-refractivity contribution in [3.05, 3.63) is 17.0 Å². The monoisotopic (exact) mass is 398 g/mol. The maximum atomic E-state index is 5.12. The van der Waals surface area contributed by atoms with Crippen molar-refractivity contribution in [1.82, 2.24) is 15.8 Å². The number of nitrogens with one attached hydrogen (secondary N) is 2. The molecule has 0 fully saturated rings. The Bertz CT molecular complexity index is 389. The highest BCUT2D eigenvalue weighted by atomic mass is 127. The average molecular weight is 398 g/mol. The smallest absolute Gasteiger partial charge is 0.191 e. The molecule has 1 aromatic heterocycles. The molecule has 0 amide bonds. The van der Waals surface area contributed by atoms with Crippen molar-refractivity contribution < 1.29 is 4.52 Å². The van der Waals surface area contributed by atoms with E-state index in [-0.39, 0.29) is 24.0 Å². The van der Waals surface area contributed by atoms with Gasteiger partial charge < -0.3 is 15.2 Å². The molecule has 7 heteroatoms. The van der Waals surface area contributed by atoms with E-state index in [2.05, 4.69) is 34.0 Å². The third-order valence-electron chi connectivity index (χ3n) is 2.80. The minimum atomic E-state index is 0. The molecule has 0 aromatic carbocycles. The number of hydrogen-bond donors (Lipinski definition) is 2. The van der Waals surface area contributed by atoms with Gasteiger partial charge in [0.25, 0.3) is 0 Å². The predicted octanol–water partition coefficient (Wildman–Crippen LogP) is 2.33. The van der Waals surface area contributed by atoms with Gasteiger partial charge in [-0.1, -0.05) is 12.1 Å². The van der Waals surface area contributed by atoms with Gasteiger partial charge in [-0.05, 0) is 20.1 Å². The Labute approximate surface area is 136 Å². The maximum Gasteiger partial charge on any atom is 0.191 e. The summed E-state index contributed by atoms with van der Waals surface area (Å²) in [5.41, 5.74) is 2.02. The quantitative estimate of drug-likeness (QED) is 0.453. The lowest BCUT2D eigenvalue weighted by Crippen LogP contribution is -2.39. The van der Waals surface area contributed by atoms with Crippen LogP contribution in [0, 0.1) is 13.8 Å².